The Morgan fingerprint density at radius 1 is 1.24 bits per heavy atom. The Bertz CT molecular complexity index is 542. The quantitative estimate of drug-likeness (QED) is 0.921. The van der Waals surface area contributed by atoms with Crippen LogP contribution in [-0.2, 0) is 9.53 Å². The number of likely N-dealkylation sites (N-methyl/N-ethyl adjacent to an activating group) is 1. The van der Waals surface area contributed by atoms with Gasteiger partial charge in [-0.1, -0.05) is 23.2 Å². The summed E-state index contributed by atoms with van der Waals surface area (Å²) in [6, 6.07) is 4.85. The van der Waals surface area contributed by atoms with Gasteiger partial charge in [0, 0.05) is 12.7 Å². The molecule has 1 N–H and O–H groups in total. The van der Waals surface area contributed by atoms with E-state index in [0.29, 0.717) is 15.7 Å². The molecule has 0 aliphatic carbocycles. The molecule has 0 saturated heterocycles. The Balaban J connectivity index is 2.59. The molecular formula is C14H18Cl2N2O3. The fourth-order valence-electron chi connectivity index (χ4n) is 1.42. The van der Waals surface area contributed by atoms with E-state index in [1.54, 1.807) is 46.0 Å². The van der Waals surface area contributed by atoms with Crippen molar-refractivity contribution in [1.82, 2.24) is 5.32 Å². The first kappa shape index (κ1) is 17.6. The van der Waals surface area contributed by atoms with Gasteiger partial charge in [-0.05, 0) is 39.0 Å². The summed E-state index contributed by atoms with van der Waals surface area (Å²) in [4.78, 5) is 24.8. The number of halogens is 2. The summed E-state index contributed by atoms with van der Waals surface area (Å²) in [5.41, 5.74) is -0.0247. The number of rotatable bonds is 3. The number of carbonyl (C=O) groups excluding carboxylic acids is 2. The molecule has 0 heterocycles. The summed E-state index contributed by atoms with van der Waals surface area (Å²) in [5.74, 6) is -0.306. The van der Waals surface area contributed by atoms with E-state index in [-0.39, 0.29) is 12.5 Å². The maximum atomic E-state index is 12.0. The molecule has 5 nitrogen and oxygen atoms in total. The second-order valence-electron chi connectivity index (χ2n) is 5.41. The Morgan fingerprint density at radius 3 is 2.38 bits per heavy atom. The van der Waals surface area contributed by atoms with Gasteiger partial charge in [0.1, 0.15) is 12.1 Å². The molecule has 7 heteroatoms. The summed E-state index contributed by atoms with van der Waals surface area (Å²) < 4.78 is 5.05. The van der Waals surface area contributed by atoms with E-state index >= 15 is 0 Å². The smallest absolute Gasteiger partial charge is 0.408 e. The number of alkyl carbamates (subject to hydrolysis) is 1. The molecule has 0 aliphatic heterocycles. The van der Waals surface area contributed by atoms with Crippen LogP contribution in [0.3, 0.4) is 0 Å². The molecule has 1 aromatic carbocycles. The Labute approximate surface area is 134 Å². The van der Waals surface area contributed by atoms with Crippen molar-refractivity contribution in [3.63, 3.8) is 0 Å². The van der Waals surface area contributed by atoms with Crippen LogP contribution in [0.25, 0.3) is 0 Å². The minimum atomic E-state index is -0.640. The van der Waals surface area contributed by atoms with E-state index in [2.05, 4.69) is 5.32 Å². The lowest BCUT2D eigenvalue weighted by Crippen LogP contribution is -2.40. The average Bonchev–Trinajstić information content (AvgIpc) is 2.36. The van der Waals surface area contributed by atoms with E-state index < -0.39 is 11.7 Å². The van der Waals surface area contributed by atoms with Crippen molar-refractivity contribution in [3.05, 3.63) is 28.2 Å². The lowest BCUT2D eigenvalue weighted by Gasteiger charge is -2.21. The van der Waals surface area contributed by atoms with Crippen LogP contribution in [0.4, 0.5) is 10.5 Å². The molecule has 1 rings (SSSR count). The minimum absolute atomic E-state index is 0.175. The average molecular weight is 333 g/mol. The van der Waals surface area contributed by atoms with Crippen molar-refractivity contribution in [1.29, 1.82) is 0 Å². The molecule has 0 aromatic heterocycles. The van der Waals surface area contributed by atoms with Crippen LogP contribution < -0.4 is 10.2 Å². The number of benzene rings is 1. The zero-order chi connectivity index (χ0) is 16.2. The van der Waals surface area contributed by atoms with Gasteiger partial charge in [-0.15, -0.1) is 0 Å². The van der Waals surface area contributed by atoms with Crippen LogP contribution in [0.2, 0.25) is 10.0 Å². The predicted octanol–water partition coefficient (Wildman–Crippen LogP) is 3.48. The van der Waals surface area contributed by atoms with Crippen LogP contribution in [0, 0.1) is 0 Å². The van der Waals surface area contributed by atoms with Gasteiger partial charge in [-0.2, -0.15) is 0 Å². The summed E-state index contributed by atoms with van der Waals surface area (Å²) in [6.07, 6.45) is -0.640. The number of nitrogens with zero attached hydrogens (tertiary/aromatic N) is 1. The number of hydrogen-bond acceptors (Lipinski definition) is 3. The number of anilines is 1. The van der Waals surface area contributed by atoms with Crippen molar-refractivity contribution in [2.45, 2.75) is 26.4 Å². The van der Waals surface area contributed by atoms with Crippen molar-refractivity contribution in [3.8, 4) is 0 Å². The maximum absolute atomic E-state index is 12.0. The molecule has 116 valence electrons. The summed E-state index contributed by atoms with van der Waals surface area (Å²) in [5, 5.41) is 3.17. The SMILES string of the molecule is CN(C(=O)CNC(=O)OC(C)(C)C)c1ccc(Cl)c(Cl)c1. The highest BCUT2D eigenvalue weighted by Crippen LogP contribution is 2.26. The molecule has 0 radical (unpaired) electrons. The molecule has 0 atom stereocenters. The first-order chi connectivity index (χ1) is 9.60. The second kappa shape index (κ2) is 7.00. The van der Waals surface area contributed by atoms with E-state index in [0.717, 1.165) is 0 Å². The summed E-state index contributed by atoms with van der Waals surface area (Å²) in [6.45, 7) is 5.06. The lowest BCUT2D eigenvalue weighted by molar-refractivity contribution is -0.117. The fraction of sp³-hybridized carbons (Fsp3) is 0.429. The third-order valence-corrected chi connectivity index (χ3v) is 3.19. The van der Waals surface area contributed by atoms with Gasteiger partial charge in [0.05, 0.1) is 10.0 Å². The molecule has 0 spiro atoms. The Morgan fingerprint density at radius 2 is 1.86 bits per heavy atom. The van der Waals surface area contributed by atoms with Gasteiger partial charge in [0.25, 0.3) is 0 Å². The molecule has 1 aromatic rings. The normalized spacial score (nSPS) is 11.0. The third kappa shape index (κ3) is 5.81. The monoisotopic (exact) mass is 332 g/mol. The van der Waals surface area contributed by atoms with Crippen molar-refractivity contribution < 1.29 is 14.3 Å². The maximum Gasteiger partial charge on any atom is 0.408 e. The van der Waals surface area contributed by atoms with Gasteiger partial charge in [-0.3, -0.25) is 4.79 Å². The Hall–Kier alpha value is -1.46. The van der Waals surface area contributed by atoms with Gasteiger partial charge in [0.15, 0.2) is 0 Å². The van der Waals surface area contributed by atoms with E-state index in [1.807, 2.05) is 0 Å². The molecule has 0 unspecified atom stereocenters. The molecule has 0 saturated carbocycles. The van der Waals surface area contributed by atoms with Crippen LogP contribution >= 0.6 is 23.2 Å². The highest BCUT2D eigenvalue weighted by molar-refractivity contribution is 6.42. The molecule has 0 bridgehead atoms. The van der Waals surface area contributed by atoms with E-state index in [9.17, 15) is 9.59 Å². The summed E-state index contributed by atoms with van der Waals surface area (Å²) >= 11 is 11.7. The molecule has 0 aliphatic rings. The first-order valence-corrected chi connectivity index (χ1v) is 7.04. The highest BCUT2D eigenvalue weighted by atomic mass is 35.5. The van der Waals surface area contributed by atoms with Crippen molar-refractivity contribution in [2.24, 2.45) is 0 Å². The Kier molecular flexibility index (Phi) is 5.87. The van der Waals surface area contributed by atoms with Crippen LogP contribution in [0.15, 0.2) is 18.2 Å². The second-order valence-corrected chi connectivity index (χ2v) is 6.22. The van der Waals surface area contributed by atoms with E-state index in [4.69, 9.17) is 27.9 Å². The van der Waals surface area contributed by atoms with Gasteiger partial charge >= 0.3 is 6.09 Å². The first-order valence-electron chi connectivity index (χ1n) is 6.28. The predicted molar refractivity (Wildman–Crippen MR) is 84.1 cm³/mol. The number of nitrogens with one attached hydrogen (secondary N) is 1. The van der Waals surface area contributed by atoms with Gasteiger partial charge in [0.2, 0.25) is 5.91 Å². The van der Waals surface area contributed by atoms with Gasteiger partial charge in [-0.25, -0.2) is 4.79 Å². The third-order valence-electron chi connectivity index (χ3n) is 2.45. The van der Waals surface area contributed by atoms with Crippen molar-refractivity contribution in [2.75, 3.05) is 18.5 Å². The molecule has 2 amide bonds. The minimum Gasteiger partial charge on any atom is -0.444 e. The molecule has 21 heavy (non-hydrogen) atoms. The summed E-state index contributed by atoms with van der Waals surface area (Å²) in [7, 11) is 1.58. The van der Waals surface area contributed by atoms with Crippen LogP contribution in [-0.4, -0.2) is 31.2 Å². The number of ether oxygens (including phenoxy) is 1. The van der Waals surface area contributed by atoms with Crippen molar-refractivity contribution >= 4 is 40.9 Å². The van der Waals surface area contributed by atoms with E-state index in [1.165, 1.54) is 4.90 Å². The molecule has 0 fully saturated rings. The zero-order valence-electron chi connectivity index (χ0n) is 12.4. The topological polar surface area (TPSA) is 58.6 Å². The van der Waals surface area contributed by atoms with Crippen LogP contribution in [0.1, 0.15) is 20.8 Å². The highest BCUT2D eigenvalue weighted by Gasteiger charge is 2.18. The lowest BCUT2D eigenvalue weighted by atomic mass is 10.2. The zero-order valence-corrected chi connectivity index (χ0v) is 13.9. The molecular weight excluding hydrogens is 315 g/mol. The standard InChI is InChI=1S/C14H18Cl2N2O3/c1-14(2,3)21-13(20)17-8-12(19)18(4)9-5-6-10(15)11(16)7-9/h5-7H,8H2,1-4H3,(H,17,20). The van der Waals surface area contributed by atoms with Gasteiger partial charge < -0.3 is 15.0 Å². The number of amides is 2. The van der Waals surface area contributed by atoms with Crippen LogP contribution in [0.5, 0.6) is 0 Å². The number of hydrogen-bond donors (Lipinski definition) is 1. The number of carbonyl (C=O) groups is 2. The largest absolute Gasteiger partial charge is 0.444 e. The fourth-order valence-corrected chi connectivity index (χ4v) is 1.71.